The van der Waals surface area contributed by atoms with E-state index >= 15 is 0 Å². The third kappa shape index (κ3) is 2.95. The Labute approximate surface area is 137 Å². The molecule has 0 amide bonds. The quantitative estimate of drug-likeness (QED) is 0.576. The van der Waals surface area contributed by atoms with E-state index in [0.29, 0.717) is 23.1 Å². The molecule has 4 rings (SSSR count). The monoisotopic (exact) mass is 316 g/mol. The molecule has 0 radical (unpaired) electrons. The Morgan fingerprint density at radius 3 is 2.50 bits per heavy atom. The van der Waals surface area contributed by atoms with Gasteiger partial charge in [0.15, 0.2) is 0 Å². The molecule has 24 heavy (non-hydrogen) atoms. The van der Waals surface area contributed by atoms with Crippen molar-refractivity contribution >= 4 is 0 Å². The SMILES string of the molecule is c1ccc(Oc2cccc(-n3nnc(-c4ccccn4)n3)c2)nc1. The van der Waals surface area contributed by atoms with Gasteiger partial charge in [0.25, 0.3) is 0 Å². The van der Waals surface area contributed by atoms with E-state index in [1.807, 2.05) is 54.6 Å². The lowest BCUT2D eigenvalue weighted by molar-refractivity contribution is 0.462. The number of hydrogen-bond acceptors (Lipinski definition) is 6. The van der Waals surface area contributed by atoms with Crippen molar-refractivity contribution in [1.29, 1.82) is 0 Å². The smallest absolute Gasteiger partial charge is 0.223 e. The molecule has 7 nitrogen and oxygen atoms in total. The van der Waals surface area contributed by atoms with Gasteiger partial charge in [-0.3, -0.25) is 4.98 Å². The Morgan fingerprint density at radius 2 is 1.71 bits per heavy atom. The van der Waals surface area contributed by atoms with E-state index < -0.39 is 0 Å². The van der Waals surface area contributed by atoms with Crippen molar-refractivity contribution in [1.82, 2.24) is 30.2 Å². The van der Waals surface area contributed by atoms with Gasteiger partial charge in [-0.25, -0.2) is 4.98 Å². The van der Waals surface area contributed by atoms with Crippen LogP contribution >= 0.6 is 0 Å². The van der Waals surface area contributed by atoms with E-state index in [0.717, 1.165) is 5.69 Å². The summed E-state index contributed by atoms with van der Waals surface area (Å²) in [6, 6.07) is 18.4. The van der Waals surface area contributed by atoms with Crippen molar-refractivity contribution in [2.75, 3.05) is 0 Å². The zero-order valence-corrected chi connectivity index (χ0v) is 12.5. The average molecular weight is 316 g/mol. The largest absolute Gasteiger partial charge is 0.439 e. The fourth-order valence-corrected chi connectivity index (χ4v) is 2.12. The number of pyridine rings is 2. The fraction of sp³-hybridized carbons (Fsp3) is 0. The predicted octanol–water partition coefficient (Wildman–Crippen LogP) is 2.91. The van der Waals surface area contributed by atoms with Crippen molar-refractivity contribution in [2.24, 2.45) is 0 Å². The minimum absolute atomic E-state index is 0.464. The van der Waals surface area contributed by atoms with Gasteiger partial charge in [-0.2, -0.15) is 0 Å². The van der Waals surface area contributed by atoms with Crippen molar-refractivity contribution in [3.05, 3.63) is 73.1 Å². The van der Waals surface area contributed by atoms with Crippen LogP contribution < -0.4 is 4.74 Å². The van der Waals surface area contributed by atoms with Gasteiger partial charge < -0.3 is 4.74 Å². The van der Waals surface area contributed by atoms with Crippen molar-refractivity contribution in [2.45, 2.75) is 0 Å². The van der Waals surface area contributed by atoms with Crippen molar-refractivity contribution < 1.29 is 4.74 Å². The Kier molecular flexibility index (Phi) is 3.65. The average Bonchev–Trinajstić information content (AvgIpc) is 3.14. The summed E-state index contributed by atoms with van der Waals surface area (Å²) < 4.78 is 5.72. The van der Waals surface area contributed by atoms with E-state index in [1.54, 1.807) is 18.5 Å². The molecule has 0 N–H and O–H groups in total. The first-order valence-corrected chi connectivity index (χ1v) is 7.29. The van der Waals surface area contributed by atoms with Gasteiger partial charge in [-0.15, -0.1) is 15.0 Å². The first-order valence-electron chi connectivity index (χ1n) is 7.29. The van der Waals surface area contributed by atoms with Crippen LogP contribution in [0.3, 0.4) is 0 Å². The number of nitrogens with zero attached hydrogens (tertiary/aromatic N) is 6. The molecule has 116 valence electrons. The second-order valence-electron chi connectivity index (χ2n) is 4.88. The lowest BCUT2D eigenvalue weighted by Crippen LogP contribution is -1.99. The molecule has 3 heterocycles. The topological polar surface area (TPSA) is 78.6 Å². The van der Waals surface area contributed by atoms with Crippen LogP contribution in [0, 0.1) is 0 Å². The summed E-state index contributed by atoms with van der Waals surface area (Å²) in [4.78, 5) is 9.80. The van der Waals surface area contributed by atoms with Crippen LogP contribution in [0.5, 0.6) is 11.6 Å². The minimum Gasteiger partial charge on any atom is -0.439 e. The first-order chi connectivity index (χ1) is 11.9. The fourth-order valence-electron chi connectivity index (χ4n) is 2.12. The number of rotatable bonds is 4. The van der Waals surface area contributed by atoms with Crippen molar-refractivity contribution in [3.8, 4) is 28.8 Å². The highest BCUT2D eigenvalue weighted by atomic mass is 16.5. The van der Waals surface area contributed by atoms with Gasteiger partial charge in [-0.05, 0) is 35.5 Å². The standard InChI is InChI=1S/C17H12N6O/c1-3-10-18-15(8-1)17-20-22-23(21-17)13-6-5-7-14(12-13)24-16-9-2-4-11-19-16/h1-12H. The highest BCUT2D eigenvalue weighted by molar-refractivity contribution is 5.47. The summed E-state index contributed by atoms with van der Waals surface area (Å²) in [5.74, 6) is 1.63. The summed E-state index contributed by atoms with van der Waals surface area (Å²) in [6.45, 7) is 0. The van der Waals surface area contributed by atoms with E-state index in [2.05, 4.69) is 25.4 Å². The molecule has 0 unspecified atom stereocenters. The van der Waals surface area contributed by atoms with E-state index in [1.165, 1.54) is 4.80 Å². The van der Waals surface area contributed by atoms with Gasteiger partial charge in [-0.1, -0.05) is 18.2 Å². The lowest BCUT2D eigenvalue weighted by Gasteiger charge is -2.05. The summed E-state index contributed by atoms with van der Waals surface area (Å²) in [6.07, 6.45) is 3.37. The molecule has 0 aliphatic rings. The summed E-state index contributed by atoms with van der Waals surface area (Å²) in [7, 11) is 0. The minimum atomic E-state index is 0.464. The highest BCUT2D eigenvalue weighted by Gasteiger charge is 2.09. The van der Waals surface area contributed by atoms with E-state index in [-0.39, 0.29) is 0 Å². The number of tetrazole rings is 1. The molecule has 0 aliphatic carbocycles. The molecule has 0 saturated carbocycles. The molecule has 1 aromatic carbocycles. The zero-order chi connectivity index (χ0) is 16.2. The third-order valence-electron chi connectivity index (χ3n) is 3.22. The molecule has 4 aromatic rings. The Balaban J connectivity index is 1.61. The van der Waals surface area contributed by atoms with Crippen LogP contribution in [0.15, 0.2) is 73.1 Å². The van der Waals surface area contributed by atoms with Crippen LogP contribution in [-0.2, 0) is 0 Å². The van der Waals surface area contributed by atoms with Gasteiger partial charge in [0.05, 0.1) is 5.69 Å². The molecular formula is C17H12N6O. The number of aromatic nitrogens is 6. The number of benzene rings is 1. The molecule has 0 fully saturated rings. The molecule has 0 spiro atoms. The predicted molar refractivity (Wildman–Crippen MR) is 86.7 cm³/mol. The van der Waals surface area contributed by atoms with Crippen molar-refractivity contribution in [3.63, 3.8) is 0 Å². The van der Waals surface area contributed by atoms with Gasteiger partial charge in [0.2, 0.25) is 11.7 Å². The highest BCUT2D eigenvalue weighted by Crippen LogP contribution is 2.21. The molecular weight excluding hydrogens is 304 g/mol. The van der Waals surface area contributed by atoms with Crippen LogP contribution in [0.1, 0.15) is 0 Å². The molecule has 0 atom stereocenters. The zero-order valence-electron chi connectivity index (χ0n) is 12.5. The third-order valence-corrected chi connectivity index (χ3v) is 3.22. The number of ether oxygens (including phenoxy) is 1. The Bertz CT molecular complexity index is 939. The second kappa shape index (κ2) is 6.25. The molecule has 0 bridgehead atoms. The van der Waals surface area contributed by atoms with E-state index in [9.17, 15) is 0 Å². The normalized spacial score (nSPS) is 10.5. The summed E-state index contributed by atoms with van der Waals surface area (Å²) in [5, 5.41) is 12.5. The Morgan fingerprint density at radius 1 is 0.833 bits per heavy atom. The van der Waals surface area contributed by atoms with Gasteiger partial charge in [0, 0.05) is 24.5 Å². The number of hydrogen-bond donors (Lipinski definition) is 0. The Hall–Kier alpha value is -3.61. The van der Waals surface area contributed by atoms with Gasteiger partial charge in [0.1, 0.15) is 11.4 Å². The maximum atomic E-state index is 5.72. The van der Waals surface area contributed by atoms with Crippen LogP contribution in [-0.4, -0.2) is 30.2 Å². The van der Waals surface area contributed by atoms with Crippen LogP contribution in [0.4, 0.5) is 0 Å². The van der Waals surface area contributed by atoms with Crippen LogP contribution in [0.25, 0.3) is 17.2 Å². The maximum Gasteiger partial charge on any atom is 0.223 e. The molecule has 3 aromatic heterocycles. The second-order valence-corrected chi connectivity index (χ2v) is 4.88. The lowest BCUT2D eigenvalue weighted by atomic mass is 10.3. The molecule has 7 heteroatoms. The van der Waals surface area contributed by atoms with Gasteiger partial charge >= 0.3 is 0 Å². The molecule has 0 aliphatic heterocycles. The molecule has 0 saturated heterocycles. The first kappa shape index (κ1) is 14.0. The summed E-state index contributed by atoms with van der Waals surface area (Å²) in [5.41, 5.74) is 1.41. The summed E-state index contributed by atoms with van der Waals surface area (Å²) >= 11 is 0. The van der Waals surface area contributed by atoms with E-state index in [4.69, 9.17) is 4.74 Å². The van der Waals surface area contributed by atoms with Crippen LogP contribution in [0.2, 0.25) is 0 Å². The maximum absolute atomic E-state index is 5.72.